The van der Waals surface area contributed by atoms with E-state index in [1.54, 1.807) is 6.92 Å². The SMILES string of the molecule is CC1CCCCN1Cc1ccc(NC(=O)[C@@H](C)N)cc1. The molecule has 1 aliphatic heterocycles. The summed E-state index contributed by atoms with van der Waals surface area (Å²) in [5.74, 6) is -0.151. The number of anilines is 1. The minimum absolute atomic E-state index is 0.151. The standard InChI is InChI=1S/C16H25N3O/c1-12-5-3-4-10-19(12)11-14-6-8-15(9-7-14)18-16(20)13(2)17/h6-9,12-13H,3-5,10-11,17H2,1-2H3,(H,18,20)/t12?,13-/m1/s1. The summed E-state index contributed by atoms with van der Waals surface area (Å²) in [6.07, 6.45) is 3.94. The van der Waals surface area contributed by atoms with Gasteiger partial charge in [0.05, 0.1) is 6.04 Å². The predicted molar refractivity (Wildman–Crippen MR) is 82.4 cm³/mol. The van der Waals surface area contributed by atoms with Crippen LogP contribution in [0.5, 0.6) is 0 Å². The van der Waals surface area contributed by atoms with E-state index in [1.165, 1.54) is 31.4 Å². The highest BCUT2D eigenvalue weighted by Crippen LogP contribution is 2.20. The van der Waals surface area contributed by atoms with E-state index in [9.17, 15) is 4.79 Å². The molecule has 0 spiro atoms. The first-order valence-corrected chi connectivity index (χ1v) is 7.45. The number of carbonyl (C=O) groups is 1. The van der Waals surface area contributed by atoms with E-state index in [2.05, 4.69) is 29.3 Å². The zero-order valence-electron chi connectivity index (χ0n) is 12.4. The normalized spacial score (nSPS) is 21.4. The molecule has 1 aromatic carbocycles. The Kier molecular flexibility index (Phi) is 5.15. The van der Waals surface area contributed by atoms with Gasteiger partial charge in [0, 0.05) is 18.3 Å². The van der Waals surface area contributed by atoms with Crippen molar-refractivity contribution in [1.29, 1.82) is 0 Å². The van der Waals surface area contributed by atoms with E-state index in [4.69, 9.17) is 5.73 Å². The number of amides is 1. The van der Waals surface area contributed by atoms with Crippen molar-refractivity contribution in [2.24, 2.45) is 5.73 Å². The van der Waals surface area contributed by atoms with E-state index in [1.807, 2.05) is 12.1 Å². The first kappa shape index (κ1) is 15.0. The van der Waals surface area contributed by atoms with Gasteiger partial charge < -0.3 is 11.1 Å². The Balaban J connectivity index is 1.92. The fraction of sp³-hybridized carbons (Fsp3) is 0.562. The van der Waals surface area contributed by atoms with Crippen LogP contribution < -0.4 is 11.1 Å². The number of hydrogen-bond acceptors (Lipinski definition) is 3. The van der Waals surface area contributed by atoms with Crippen molar-refractivity contribution in [3.63, 3.8) is 0 Å². The van der Waals surface area contributed by atoms with Gasteiger partial charge in [-0.05, 0) is 50.9 Å². The van der Waals surface area contributed by atoms with Crippen LogP contribution in [0.2, 0.25) is 0 Å². The Morgan fingerprint density at radius 3 is 2.70 bits per heavy atom. The molecule has 0 bridgehead atoms. The average molecular weight is 275 g/mol. The topological polar surface area (TPSA) is 58.4 Å². The van der Waals surface area contributed by atoms with Gasteiger partial charge in [0.25, 0.3) is 0 Å². The molecule has 110 valence electrons. The molecule has 1 aromatic rings. The lowest BCUT2D eigenvalue weighted by molar-refractivity contribution is -0.117. The molecule has 0 saturated carbocycles. The Morgan fingerprint density at radius 2 is 2.10 bits per heavy atom. The molecule has 1 fully saturated rings. The summed E-state index contributed by atoms with van der Waals surface area (Å²) in [6.45, 7) is 6.16. The second-order valence-electron chi connectivity index (χ2n) is 5.79. The van der Waals surface area contributed by atoms with Crippen LogP contribution in [-0.4, -0.2) is 29.4 Å². The minimum atomic E-state index is -0.483. The third-order valence-electron chi connectivity index (χ3n) is 3.96. The third kappa shape index (κ3) is 4.05. The molecule has 1 heterocycles. The second kappa shape index (κ2) is 6.86. The molecule has 1 amide bonds. The number of hydrogen-bond donors (Lipinski definition) is 2. The number of nitrogens with two attached hydrogens (primary N) is 1. The van der Waals surface area contributed by atoms with Gasteiger partial charge in [-0.2, -0.15) is 0 Å². The monoisotopic (exact) mass is 275 g/mol. The molecule has 1 saturated heterocycles. The summed E-state index contributed by atoms with van der Waals surface area (Å²) < 4.78 is 0. The number of likely N-dealkylation sites (tertiary alicyclic amines) is 1. The Hall–Kier alpha value is -1.39. The molecule has 2 atom stereocenters. The third-order valence-corrected chi connectivity index (χ3v) is 3.96. The molecule has 2 rings (SSSR count). The summed E-state index contributed by atoms with van der Waals surface area (Å²) in [5, 5.41) is 2.80. The van der Waals surface area contributed by atoms with Crippen LogP contribution in [0.1, 0.15) is 38.7 Å². The summed E-state index contributed by atoms with van der Waals surface area (Å²) in [5.41, 5.74) is 7.63. The number of nitrogens with one attached hydrogen (secondary N) is 1. The van der Waals surface area contributed by atoms with Gasteiger partial charge >= 0.3 is 0 Å². The largest absolute Gasteiger partial charge is 0.325 e. The fourth-order valence-electron chi connectivity index (χ4n) is 2.58. The highest BCUT2D eigenvalue weighted by Gasteiger charge is 2.18. The number of rotatable bonds is 4. The van der Waals surface area contributed by atoms with Gasteiger partial charge in [-0.3, -0.25) is 9.69 Å². The molecule has 4 nitrogen and oxygen atoms in total. The van der Waals surface area contributed by atoms with Crippen molar-refractivity contribution < 1.29 is 4.79 Å². The number of benzene rings is 1. The molecular weight excluding hydrogens is 250 g/mol. The van der Waals surface area contributed by atoms with Gasteiger partial charge in [-0.15, -0.1) is 0 Å². The summed E-state index contributed by atoms with van der Waals surface area (Å²) >= 11 is 0. The van der Waals surface area contributed by atoms with Crippen LogP contribution >= 0.6 is 0 Å². The Bertz CT molecular complexity index is 442. The van der Waals surface area contributed by atoms with Crippen molar-refractivity contribution in [1.82, 2.24) is 4.90 Å². The number of piperidine rings is 1. The minimum Gasteiger partial charge on any atom is -0.325 e. The van der Waals surface area contributed by atoms with Crippen molar-refractivity contribution >= 4 is 11.6 Å². The van der Waals surface area contributed by atoms with Gasteiger partial charge in [-0.1, -0.05) is 18.6 Å². The highest BCUT2D eigenvalue weighted by molar-refractivity contribution is 5.94. The maximum atomic E-state index is 11.5. The molecule has 0 radical (unpaired) electrons. The van der Waals surface area contributed by atoms with E-state index < -0.39 is 6.04 Å². The number of nitrogens with zero attached hydrogens (tertiary/aromatic N) is 1. The predicted octanol–water partition coefficient (Wildman–Crippen LogP) is 2.35. The Morgan fingerprint density at radius 1 is 1.40 bits per heavy atom. The molecule has 1 aliphatic rings. The van der Waals surface area contributed by atoms with Crippen molar-refractivity contribution in [2.75, 3.05) is 11.9 Å². The summed E-state index contributed by atoms with van der Waals surface area (Å²) in [7, 11) is 0. The Labute approximate surface area is 121 Å². The quantitative estimate of drug-likeness (QED) is 0.887. The van der Waals surface area contributed by atoms with E-state index >= 15 is 0 Å². The average Bonchev–Trinajstić information content (AvgIpc) is 2.43. The first-order chi connectivity index (χ1) is 9.56. The molecule has 0 aromatic heterocycles. The fourth-order valence-corrected chi connectivity index (χ4v) is 2.58. The lowest BCUT2D eigenvalue weighted by atomic mass is 10.0. The van der Waals surface area contributed by atoms with Crippen molar-refractivity contribution in [3.8, 4) is 0 Å². The zero-order chi connectivity index (χ0) is 14.5. The first-order valence-electron chi connectivity index (χ1n) is 7.45. The lowest BCUT2D eigenvalue weighted by Gasteiger charge is -2.33. The molecule has 20 heavy (non-hydrogen) atoms. The van der Waals surface area contributed by atoms with E-state index in [0.717, 1.165) is 12.2 Å². The van der Waals surface area contributed by atoms with Crippen molar-refractivity contribution in [2.45, 2.75) is 51.7 Å². The van der Waals surface area contributed by atoms with Crippen LogP contribution in [0.15, 0.2) is 24.3 Å². The van der Waals surface area contributed by atoms with Gasteiger partial charge in [0.1, 0.15) is 0 Å². The van der Waals surface area contributed by atoms with Crippen LogP contribution in [-0.2, 0) is 11.3 Å². The van der Waals surface area contributed by atoms with Crippen LogP contribution in [0.25, 0.3) is 0 Å². The van der Waals surface area contributed by atoms with E-state index in [-0.39, 0.29) is 5.91 Å². The lowest BCUT2D eigenvalue weighted by Crippen LogP contribution is -2.36. The number of carbonyl (C=O) groups excluding carboxylic acids is 1. The van der Waals surface area contributed by atoms with Crippen LogP contribution in [0, 0.1) is 0 Å². The van der Waals surface area contributed by atoms with Crippen LogP contribution in [0.3, 0.4) is 0 Å². The summed E-state index contributed by atoms with van der Waals surface area (Å²) in [4.78, 5) is 14.0. The molecular formula is C16H25N3O. The molecule has 1 unspecified atom stereocenters. The smallest absolute Gasteiger partial charge is 0.240 e. The van der Waals surface area contributed by atoms with E-state index in [0.29, 0.717) is 6.04 Å². The zero-order valence-corrected chi connectivity index (χ0v) is 12.4. The van der Waals surface area contributed by atoms with Gasteiger partial charge in [0.2, 0.25) is 5.91 Å². The maximum Gasteiger partial charge on any atom is 0.240 e. The van der Waals surface area contributed by atoms with Crippen LogP contribution in [0.4, 0.5) is 5.69 Å². The molecule has 0 aliphatic carbocycles. The van der Waals surface area contributed by atoms with Crippen molar-refractivity contribution in [3.05, 3.63) is 29.8 Å². The maximum absolute atomic E-state index is 11.5. The second-order valence-corrected chi connectivity index (χ2v) is 5.79. The van der Waals surface area contributed by atoms with Gasteiger partial charge in [-0.25, -0.2) is 0 Å². The summed E-state index contributed by atoms with van der Waals surface area (Å²) in [6, 6.07) is 8.25. The van der Waals surface area contributed by atoms with Gasteiger partial charge in [0.15, 0.2) is 0 Å². The molecule has 4 heteroatoms. The molecule has 3 N–H and O–H groups in total. The highest BCUT2D eigenvalue weighted by atomic mass is 16.2.